The number of hydrogen-bond acceptors (Lipinski definition) is 4. The monoisotopic (exact) mass is 352 g/mol. The second-order valence-corrected chi connectivity index (χ2v) is 6.10. The van der Waals surface area contributed by atoms with E-state index in [-0.39, 0.29) is 30.6 Å². The van der Waals surface area contributed by atoms with Gasteiger partial charge in [0.25, 0.3) is 5.91 Å². The third-order valence-electron chi connectivity index (χ3n) is 4.47. The molecule has 26 heavy (non-hydrogen) atoms. The second-order valence-electron chi connectivity index (χ2n) is 6.10. The number of methoxy groups -OCH3 is 1. The lowest BCUT2D eigenvalue weighted by Gasteiger charge is -2.11. The summed E-state index contributed by atoms with van der Waals surface area (Å²) in [5.74, 6) is 0.156. The number of nitrogens with zero attached hydrogens (tertiary/aromatic N) is 1. The summed E-state index contributed by atoms with van der Waals surface area (Å²) in [5, 5.41) is 2.74. The maximum atomic E-state index is 12.4. The molecule has 0 atom stereocenters. The van der Waals surface area contributed by atoms with Crippen molar-refractivity contribution in [1.82, 2.24) is 5.32 Å². The van der Waals surface area contributed by atoms with Gasteiger partial charge in [0.2, 0.25) is 5.91 Å². The van der Waals surface area contributed by atoms with Crippen molar-refractivity contribution >= 4 is 23.3 Å². The minimum Gasteiger partial charge on any atom is -0.496 e. The van der Waals surface area contributed by atoms with Crippen LogP contribution >= 0.6 is 0 Å². The molecule has 1 heterocycles. The maximum Gasteiger partial charge on any atom is 0.255 e. The number of rotatable bonds is 6. The molecule has 0 aliphatic carbocycles. The van der Waals surface area contributed by atoms with Gasteiger partial charge in [0, 0.05) is 31.3 Å². The zero-order chi connectivity index (χ0) is 18.7. The van der Waals surface area contributed by atoms with E-state index in [0.29, 0.717) is 23.3 Å². The van der Waals surface area contributed by atoms with Crippen molar-refractivity contribution in [2.45, 2.75) is 12.8 Å². The standard InChI is InChI=1S/C20H20N2O4/c1-22-16-8-7-13(11-14(16)12-19(22)24)17(23)9-10-21-20(25)15-5-3-4-6-18(15)26-2/h3-8,11H,9-10,12H2,1-2H3,(H,21,25). The number of carbonyl (C=O) groups is 3. The van der Waals surface area contributed by atoms with E-state index in [1.54, 1.807) is 54.4 Å². The van der Waals surface area contributed by atoms with Gasteiger partial charge in [-0.25, -0.2) is 0 Å². The molecule has 2 aromatic rings. The molecule has 0 radical (unpaired) electrons. The zero-order valence-corrected chi connectivity index (χ0v) is 14.7. The normalized spacial score (nSPS) is 12.7. The SMILES string of the molecule is COc1ccccc1C(=O)NCCC(=O)c1ccc2c(c1)CC(=O)N2C. The van der Waals surface area contributed by atoms with Gasteiger partial charge in [-0.05, 0) is 35.9 Å². The van der Waals surface area contributed by atoms with Gasteiger partial charge < -0.3 is 15.0 Å². The number of anilines is 1. The Hall–Kier alpha value is -3.15. The predicted molar refractivity (Wildman–Crippen MR) is 97.8 cm³/mol. The number of para-hydroxylation sites is 1. The van der Waals surface area contributed by atoms with E-state index in [1.807, 2.05) is 0 Å². The highest BCUT2D eigenvalue weighted by atomic mass is 16.5. The van der Waals surface area contributed by atoms with Crippen LogP contribution in [0.2, 0.25) is 0 Å². The summed E-state index contributed by atoms with van der Waals surface area (Å²) in [6, 6.07) is 12.2. The van der Waals surface area contributed by atoms with Crippen molar-refractivity contribution < 1.29 is 19.1 Å². The van der Waals surface area contributed by atoms with Crippen molar-refractivity contribution in [3.63, 3.8) is 0 Å². The van der Waals surface area contributed by atoms with Gasteiger partial charge in [-0.3, -0.25) is 14.4 Å². The lowest BCUT2D eigenvalue weighted by molar-refractivity contribution is -0.117. The molecule has 0 bridgehead atoms. The highest BCUT2D eigenvalue weighted by Gasteiger charge is 2.24. The molecule has 0 fully saturated rings. The average molecular weight is 352 g/mol. The molecule has 1 aliphatic rings. The van der Waals surface area contributed by atoms with Crippen LogP contribution in [0.1, 0.15) is 32.7 Å². The molecule has 1 aliphatic heterocycles. The number of likely N-dealkylation sites (N-methyl/N-ethyl adjacent to an activating group) is 1. The van der Waals surface area contributed by atoms with E-state index < -0.39 is 0 Å². The number of carbonyl (C=O) groups excluding carboxylic acids is 3. The minimum atomic E-state index is -0.281. The summed E-state index contributed by atoms with van der Waals surface area (Å²) in [4.78, 5) is 37.9. The Morgan fingerprint density at radius 1 is 1.19 bits per heavy atom. The number of Topliss-reactive ketones (excluding diaryl/α,β-unsaturated/α-hetero) is 1. The fraction of sp³-hybridized carbons (Fsp3) is 0.250. The summed E-state index contributed by atoms with van der Waals surface area (Å²) in [7, 11) is 3.23. The summed E-state index contributed by atoms with van der Waals surface area (Å²) < 4.78 is 5.16. The third-order valence-corrected chi connectivity index (χ3v) is 4.47. The molecule has 2 amide bonds. The predicted octanol–water partition coefficient (Wildman–Crippen LogP) is 2.22. The van der Waals surface area contributed by atoms with Crippen LogP contribution in [0.4, 0.5) is 5.69 Å². The lowest BCUT2D eigenvalue weighted by Crippen LogP contribution is -2.26. The van der Waals surface area contributed by atoms with Crippen molar-refractivity contribution in [2.75, 3.05) is 25.6 Å². The van der Waals surface area contributed by atoms with Crippen LogP contribution in [0, 0.1) is 0 Å². The molecule has 6 heteroatoms. The van der Waals surface area contributed by atoms with Gasteiger partial charge in [-0.1, -0.05) is 12.1 Å². The Bertz CT molecular complexity index is 876. The molecule has 1 N–H and O–H groups in total. The fourth-order valence-electron chi connectivity index (χ4n) is 3.00. The van der Waals surface area contributed by atoms with Crippen LogP contribution in [-0.2, 0) is 11.2 Å². The van der Waals surface area contributed by atoms with Gasteiger partial charge in [-0.2, -0.15) is 0 Å². The zero-order valence-electron chi connectivity index (χ0n) is 14.7. The van der Waals surface area contributed by atoms with E-state index in [2.05, 4.69) is 5.32 Å². The number of ketones is 1. The molecule has 2 aromatic carbocycles. The quantitative estimate of drug-likeness (QED) is 0.809. The van der Waals surface area contributed by atoms with Crippen LogP contribution in [0.5, 0.6) is 5.75 Å². The highest BCUT2D eigenvalue weighted by Crippen LogP contribution is 2.28. The molecule has 0 saturated carbocycles. The molecule has 0 spiro atoms. The Morgan fingerprint density at radius 2 is 1.96 bits per heavy atom. The summed E-state index contributed by atoms with van der Waals surface area (Å²) >= 11 is 0. The molecule has 0 unspecified atom stereocenters. The lowest BCUT2D eigenvalue weighted by atomic mass is 10.0. The van der Waals surface area contributed by atoms with Crippen LogP contribution in [0.15, 0.2) is 42.5 Å². The van der Waals surface area contributed by atoms with Gasteiger partial charge >= 0.3 is 0 Å². The van der Waals surface area contributed by atoms with Crippen molar-refractivity contribution in [2.24, 2.45) is 0 Å². The van der Waals surface area contributed by atoms with Gasteiger partial charge in [0.15, 0.2) is 5.78 Å². The van der Waals surface area contributed by atoms with E-state index in [0.717, 1.165) is 11.3 Å². The van der Waals surface area contributed by atoms with Crippen LogP contribution in [-0.4, -0.2) is 38.3 Å². The summed E-state index contributed by atoms with van der Waals surface area (Å²) in [6.07, 6.45) is 0.501. The first-order valence-corrected chi connectivity index (χ1v) is 8.35. The molecule has 134 valence electrons. The number of amides is 2. The Balaban J connectivity index is 1.59. The summed E-state index contributed by atoms with van der Waals surface area (Å²) in [6.45, 7) is 0.228. The Kier molecular flexibility index (Phi) is 5.02. The molecule has 0 saturated heterocycles. The number of benzene rings is 2. The van der Waals surface area contributed by atoms with E-state index in [9.17, 15) is 14.4 Å². The van der Waals surface area contributed by atoms with Crippen LogP contribution in [0.25, 0.3) is 0 Å². The van der Waals surface area contributed by atoms with Crippen molar-refractivity contribution in [3.8, 4) is 5.75 Å². The molecule has 3 rings (SSSR count). The molecular weight excluding hydrogens is 332 g/mol. The van der Waals surface area contributed by atoms with Gasteiger partial charge in [-0.15, -0.1) is 0 Å². The van der Waals surface area contributed by atoms with Gasteiger partial charge in [0.1, 0.15) is 5.75 Å². The molecular formula is C20H20N2O4. The first-order valence-electron chi connectivity index (χ1n) is 8.35. The first-order chi connectivity index (χ1) is 12.5. The maximum absolute atomic E-state index is 12.4. The van der Waals surface area contributed by atoms with E-state index in [4.69, 9.17) is 4.74 Å². The van der Waals surface area contributed by atoms with Crippen molar-refractivity contribution in [3.05, 3.63) is 59.2 Å². The highest BCUT2D eigenvalue weighted by molar-refractivity contribution is 6.03. The van der Waals surface area contributed by atoms with Crippen molar-refractivity contribution in [1.29, 1.82) is 0 Å². The minimum absolute atomic E-state index is 0.0219. The topological polar surface area (TPSA) is 75.7 Å². The van der Waals surface area contributed by atoms with E-state index >= 15 is 0 Å². The molecule has 6 nitrogen and oxygen atoms in total. The summed E-state index contributed by atoms with van der Waals surface area (Å²) in [5.41, 5.74) is 2.69. The number of ether oxygens (including phenoxy) is 1. The average Bonchev–Trinajstić information content (AvgIpc) is 2.94. The van der Waals surface area contributed by atoms with Gasteiger partial charge in [0.05, 0.1) is 19.1 Å². The largest absolute Gasteiger partial charge is 0.496 e. The second kappa shape index (κ2) is 7.39. The number of fused-ring (bicyclic) bond motifs is 1. The first kappa shape index (κ1) is 17.7. The third kappa shape index (κ3) is 3.44. The number of hydrogen-bond donors (Lipinski definition) is 1. The van der Waals surface area contributed by atoms with Crippen LogP contribution in [0.3, 0.4) is 0 Å². The number of nitrogens with one attached hydrogen (secondary N) is 1. The Labute approximate surface area is 151 Å². The Morgan fingerprint density at radius 3 is 2.73 bits per heavy atom. The van der Waals surface area contributed by atoms with Crippen LogP contribution < -0.4 is 15.0 Å². The smallest absolute Gasteiger partial charge is 0.255 e. The molecule has 0 aromatic heterocycles. The fourth-order valence-corrected chi connectivity index (χ4v) is 3.00. The van der Waals surface area contributed by atoms with E-state index in [1.165, 1.54) is 7.11 Å².